The zero-order chi connectivity index (χ0) is 29.0. The van der Waals surface area contributed by atoms with Gasteiger partial charge in [0.05, 0.1) is 36.3 Å². The van der Waals surface area contributed by atoms with Crippen LogP contribution in [0.25, 0.3) is 0 Å². The number of carboxylic acids is 1. The number of amides is 6. The molecule has 3 fully saturated rings. The van der Waals surface area contributed by atoms with E-state index >= 15 is 0 Å². The zero-order valence-electron chi connectivity index (χ0n) is 22.8. The summed E-state index contributed by atoms with van der Waals surface area (Å²) in [4.78, 5) is 65.0. The summed E-state index contributed by atoms with van der Waals surface area (Å²) in [6, 6.07) is 4.58. The molecule has 3 saturated heterocycles. The SMILES string of the molecule is CC1=C(C(=O)[O-])N2C(=O)C(NC(=O)CC3=CC(NC(=O)N4CC5C(c6ccccc6Cl)NN5C4=O)C=CC3)[C@@H]2SC1.[Na+]. The van der Waals surface area contributed by atoms with Crippen LogP contribution >= 0.6 is 23.4 Å². The topological polar surface area (TPSA) is 154 Å². The van der Waals surface area contributed by atoms with E-state index in [0.717, 1.165) is 16.0 Å². The predicted molar refractivity (Wildman–Crippen MR) is 147 cm³/mol. The minimum absolute atomic E-state index is 0. The van der Waals surface area contributed by atoms with Crippen molar-refractivity contribution < 1.29 is 58.6 Å². The Bertz CT molecular complexity index is 1470. The molecule has 0 aromatic heterocycles. The van der Waals surface area contributed by atoms with E-state index in [9.17, 15) is 29.1 Å². The van der Waals surface area contributed by atoms with Crippen molar-refractivity contribution in [3.05, 3.63) is 69.9 Å². The average molecular weight is 621 g/mol. The molecule has 6 rings (SSSR count). The van der Waals surface area contributed by atoms with E-state index in [-0.39, 0.29) is 66.2 Å². The van der Waals surface area contributed by atoms with Crippen LogP contribution in [0.5, 0.6) is 0 Å². The summed E-state index contributed by atoms with van der Waals surface area (Å²) in [5.41, 5.74) is 5.08. The normalized spacial score (nSPS) is 27.7. The van der Waals surface area contributed by atoms with Gasteiger partial charge < -0.3 is 20.5 Å². The molecule has 4 unspecified atom stereocenters. The Morgan fingerprint density at radius 3 is 2.69 bits per heavy atom. The second-order valence-electron chi connectivity index (χ2n) is 10.4. The van der Waals surface area contributed by atoms with Gasteiger partial charge in [0.25, 0.3) is 5.91 Å². The maximum atomic E-state index is 13.0. The molecule has 0 spiro atoms. The fraction of sp³-hybridized carbons (Fsp3) is 0.370. The number of benzene rings is 1. The van der Waals surface area contributed by atoms with Crippen LogP contribution in [-0.2, 0) is 14.4 Å². The average Bonchev–Trinajstić information content (AvgIpc) is 3.17. The molecule has 1 aromatic carbocycles. The number of halogens is 1. The molecular weight excluding hydrogens is 595 g/mol. The molecule has 5 aliphatic rings. The molecule has 0 bridgehead atoms. The number of fused-ring (bicyclic) bond motifs is 2. The van der Waals surface area contributed by atoms with E-state index in [1.807, 2.05) is 24.3 Å². The molecule has 0 radical (unpaired) electrons. The zero-order valence-corrected chi connectivity index (χ0v) is 26.4. The second-order valence-corrected chi connectivity index (χ2v) is 12.0. The third-order valence-electron chi connectivity index (χ3n) is 7.77. The van der Waals surface area contributed by atoms with Gasteiger partial charge in [-0.1, -0.05) is 53.6 Å². The Labute approximate surface area is 272 Å². The summed E-state index contributed by atoms with van der Waals surface area (Å²) in [7, 11) is 0. The first kappa shape index (κ1) is 30.6. The van der Waals surface area contributed by atoms with Crippen molar-refractivity contribution >= 4 is 53.2 Å². The minimum Gasteiger partial charge on any atom is -0.543 e. The number of nitrogens with zero attached hydrogens (tertiary/aromatic N) is 3. The number of β-lactam (4-membered cyclic amide) rings is 1. The Kier molecular flexibility index (Phi) is 8.80. The number of carbonyl (C=O) groups excluding carboxylic acids is 5. The Morgan fingerprint density at radius 2 is 1.95 bits per heavy atom. The molecule has 1 aliphatic carbocycles. The summed E-state index contributed by atoms with van der Waals surface area (Å²) in [6.45, 7) is 1.84. The Balaban J connectivity index is 0.00000353. The summed E-state index contributed by atoms with van der Waals surface area (Å²) in [5.74, 6) is -1.85. The van der Waals surface area contributed by atoms with Crippen LogP contribution in [0.2, 0.25) is 5.02 Å². The fourth-order valence-corrected chi connectivity index (χ4v) is 7.28. The van der Waals surface area contributed by atoms with E-state index in [2.05, 4.69) is 16.1 Å². The van der Waals surface area contributed by atoms with Gasteiger partial charge in [-0.3, -0.25) is 19.5 Å². The second kappa shape index (κ2) is 12.1. The number of imide groups is 1. The molecule has 42 heavy (non-hydrogen) atoms. The number of nitrogens with one attached hydrogen (secondary N) is 3. The van der Waals surface area contributed by atoms with Crippen molar-refractivity contribution in [2.45, 2.75) is 49.3 Å². The molecule has 6 amide bonds. The van der Waals surface area contributed by atoms with Crippen molar-refractivity contribution in [3.63, 3.8) is 0 Å². The van der Waals surface area contributed by atoms with E-state index in [1.165, 1.54) is 21.7 Å². The first-order chi connectivity index (χ1) is 19.6. The molecular formula is C27H26ClN6NaO6S. The van der Waals surface area contributed by atoms with Gasteiger partial charge in [-0.25, -0.2) is 19.9 Å². The number of allylic oxidation sites excluding steroid dienone is 1. The van der Waals surface area contributed by atoms with Gasteiger partial charge in [0, 0.05) is 17.2 Å². The number of urea groups is 2. The van der Waals surface area contributed by atoms with Crippen molar-refractivity contribution in [2.75, 3.05) is 12.3 Å². The van der Waals surface area contributed by atoms with Crippen LogP contribution in [0.3, 0.4) is 0 Å². The quantitative estimate of drug-likeness (QED) is 0.184. The van der Waals surface area contributed by atoms with Crippen molar-refractivity contribution in [2.24, 2.45) is 0 Å². The third-order valence-corrected chi connectivity index (χ3v) is 9.54. The number of aliphatic carboxylic acids is 1. The molecule has 3 N–H and O–H groups in total. The number of hydrazine groups is 1. The minimum atomic E-state index is -1.41. The molecule has 15 heteroatoms. The summed E-state index contributed by atoms with van der Waals surface area (Å²) >= 11 is 7.70. The Hall–Kier alpha value is -2.81. The van der Waals surface area contributed by atoms with Crippen LogP contribution in [0.1, 0.15) is 31.4 Å². The number of hydrogen-bond donors (Lipinski definition) is 3. The van der Waals surface area contributed by atoms with Crippen molar-refractivity contribution in [1.82, 2.24) is 30.9 Å². The summed E-state index contributed by atoms with van der Waals surface area (Å²) < 4.78 is 0. The van der Waals surface area contributed by atoms with E-state index in [1.54, 1.807) is 25.1 Å². The van der Waals surface area contributed by atoms with Gasteiger partial charge in [0.2, 0.25) is 5.91 Å². The van der Waals surface area contributed by atoms with Gasteiger partial charge in [-0.15, -0.1) is 11.8 Å². The molecule has 1 aromatic rings. The van der Waals surface area contributed by atoms with Crippen LogP contribution in [-0.4, -0.2) is 80.5 Å². The standard InChI is InChI=1S/C27H27ClN6O6S.Na/c1-13-12-41-24-21(23(36)33(24)22(13)25(37)38)30-19(35)10-14-5-4-6-15(9-14)29-26(39)32-11-18-20(31-34(18)27(32)40)16-7-2-3-8-17(16)28;/h2-4,6-9,15,18,20-21,24,31H,5,10-12H2,1H3,(H,29,39)(H,30,35)(H,37,38);/q;+1/p-1/t15?,18?,20?,21?,24-;/m0./s1. The number of hydrogen-bond acceptors (Lipinski definition) is 8. The summed E-state index contributed by atoms with van der Waals surface area (Å²) in [5, 5.41) is 18.5. The molecule has 5 atom stereocenters. The number of rotatable bonds is 6. The first-order valence-electron chi connectivity index (χ1n) is 13.1. The van der Waals surface area contributed by atoms with E-state index in [4.69, 9.17) is 11.6 Å². The van der Waals surface area contributed by atoms with E-state index < -0.39 is 41.4 Å². The van der Waals surface area contributed by atoms with Gasteiger partial charge >= 0.3 is 41.6 Å². The maximum absolute atomic E-state index is 13.0. The third kappa shape index (κ3) is 5.38. The summed E-state index contributed by atoms with van der Waals surface area (Å²) in [6.07, 6.45) is 5.85. The van der Waals surface area contributed by atoms with Crippen molar-refractivity contribution in [3.8, 4) is 0 Å². The molecule has 0 saturated carbocycles. The van der Waals surface area contributed by atoms with E-state index in [0.29, 0.717) is 22.8 Å². The largest absolute Gasteiger partial charge is 1.00 e. The van der Waals surface area contributed by atoms with Crippen LogP contribution in [0.4, 0.5) is 9.59 Å². The van der Waals surface area contributed by atoms with Crippen LogP contribution in [0.15, 0.2) is 59.3 Å². The number of carbonyl (C=O) groups is 5. The number of thioether (sulfide) groups is 1. The van der Waals surface area contributed by atoms with Crippen LogP contribution < -0.4 is 50.7 Å². The van der Waals surface area contributed by atoms with Crippen LogP contribution in [0, 0.1) is 0 Å². The van der Waals surface area contributed by atoms with Gasteiger partial charge in [-0.2, -0.15) is 0 Å². The predicted octanol–water partition coefficient (Wildman–Crippen LogP) is -2.21. The smallest absolute Gasteiger partial charge is 0.543 e. The van der Waals surface area contributed by atoms with Crippen molar-refractivity contribution in [1.29, 1.82) is 0 Å². The molecule has 12 nitrogen and oxygen atoms in total. The van der Waals surface area contributed by atoms with Gasteiger partial charge in [0.15, 0.2) is 0 Å². The fourth-order valence-electron chi connectivity index (χ4n) is 5.73. The maximum Gasteiger partial charge on any atom is 1.00 e. The first-order valence-corrected chi connectivity index (χ1v) is 14.5. The molecule has 4 heterocycles. The monoisotopic (exact) mass is 620 g/mol. The van der Waals surface area contributed by atoms with Gasteiger partial charge in [-0.05, 0) is 30.5 Å². The Morgan fingerprint density at radius 1 is 1.19 bits per heavy atom. The molecule has 4 aliphatic heterocycles. The number of carboxylic acid groups (broad SMARTS) is 1. The molecule has 214 valence electrons. The van der Waals surface area contributed by atoms with Gasteiger partial charge in [0.1, 0.15) is 11.4 Å².